The number of tetrazole rings is 1. The van der Waals surface area contributed by atoms with Gasteiger partial charge in [0.2, 0.25) is 0 Å². The van der Waals surface area contributed by atoms with Crippen LogP contribution in [0, 0.1) is 0 Å². The first-order chi connectivity index (χ1) is 8.78. The molecule has 1 aromatic carbocycles. The van der Waals surface area contributed by atoms with E-state index < -0.39 is 0 Å². The molecule has 0 amide bonds. The van der Waals surface area contributed by atoms with E-state index in [1.165, 1.54) is 10.2 Å². The number of nitrogens with two attached hydrogens (primary N) is 1. The van der Waals surface area contributed by atoms with E-state index in [4.69, 9.17) is 5.73 Å². The molecule has 6 nitrogen and oxygen atoms in total. The van der Waals surface area contributed by atoms with E-state index in [0.717, 1.165) is 11.1 Å². The van der Waals surface area contributed by atoms with Gasteiger partial charge in [0.25, 0.3) is 0 Å². The van der Waals surface area contributed by atoms with Crippen LogP contribution in [0.5, 0.6) is 0 Å². The zero-order valence-electron chi connectivity index (χ0n) is 10.1. The summed E-state index contributed by atoms with van der Waals surface area (Å²) in [4.78, 5) is 1.46. The molecule has 2 aromatic heterocycles. The fourth-order valence-electron chi connectivity index (χ4n) is 2.18. The molecular weight excluding hydrogens is 228 g/mol. The van der Waals surface area contributed by atoms with Gasteiger partial charge in [-0.25, -0.2) is 0 Å². The number of rotatable bonds is 3. The normalized spacial score (nSPS) is 11.2. The van der Waals surface area contributed by atoms with E-state index in [9.17, 15) is 0 Å². The number of nitrogens with zero attached hydrogens (tertiary/aromatic N) is 5. The second-order valence-electron chi connectivity index (χ2n) is 4.20. The minimum Gasteiger partial charge on any atom is -0.339 e. The van der Waals surface area contributed by atoms with Gasteiger partial charge in [0.1, 0.15) is 0 Å². The van der Waals surface area contributed by atoms with Crippen LogP contribution in [0.4, 0.5) is 0 Å². The maximum atomic E-state index is 5.78. The van der Waals surface area contributed by atoms with Crippen molar-refractivity contribution in [1.29, 1.82) is 0 Å². The van der Waals surface area contributed by atoms with Crippen molar-refractivity contribution in [2.45, 2.75) is 13.1 Å². The van der Waals surface area contributed by atoms with Gasteiger partial charge in [-0.2, -0.15) is 4.80 Å². The smallest absolute Gasteiger partial charge is 0.194 e. The Bertz CT molecular complexity index is 681. The van der Waals surface area contributed by atoms with Crippen molar-refractivity contribution in [3.8, 4) is 0 Å². The quantitative estimate of drug-likeness (QED) is 0.732. The zero-order valence-corrected chi connectivity index (χ0v) is 10.1. The van der Waals surface area contributed by atoms with E-state index in [0.29, 0.717) is 18.9 Å². The highest BCUT2D eigenvalue weighted by molar-refractivity contribution is 5.83. The van der Waals surface area contributed by atoms with E-state index in [1.807, 2.05) is 18.3 Å². The van der Waals surface area contributed by atoms with Crippen molar-refractivity contribution in [1.82, 2.24) is 24.8 Å². The summed E-state index contributed by atoms with van der Waals surface area (Å²) < 4.78 is 2.11. The minimum atomic E-state index is 0.523. The summed E-state index contributed by atoms with van der Waals surface area (Å²) in [6.07, 6.45) is 2.03. The maximum Gasteiger partial charge on any atom is 0.194 e. The lowest BCUT2D eigenvalue weighted by Gasteiger charge is -2.06. The average Bonchev–Trinajstić information content (AvgIpc) is 2.97. The highest BCUT2D eigenvalue weighted by Crippen LogP contribution is 2.20. The summed E-state index contributed by atoms with van der Waals surface area (Å²) in [5.41, 5.74) is 8.05. The predicted octanol–water partition coefficient (Wildman–Crippen LogP) is 0.672. The van der Waals surface area contributed by atoms with E-state index in [2.05, 4.69) is 32.1 Å². The Balaban J connectivity index is 2.06. The lowest BCUT2D eigenvalue weighted by molar-refractivity contribution is 0.625. The van der Waals surface area contributed by atoms with Gasteiger partial charge in [0, 0.05) is 12.7 Å². The molecule has 0 aliphatic heterocycles. The molecule has 18 heavy (non-hydrogen) atoms. The predicted molar refractivity (Wildman–Crippen MR) is 67.7 cm³/mol. The number of aromatic nitrogens is 5. The molecule has 0 saturated carbocycles. The fourth-order valence-corrected chi connectivity index (χ4v) is 2.18. The Morgan fingerprint density at radius 2 is 2.17 bits per heavy atom. The molecule has 0 aliphatic rings. The molecule has 0 radical (unpaired) electrons. The van der Waals surface area contributed by atoms with Crippen molar-refractivity contribution in [3.63, 3.8) is 0 Å². The number of para-hydroxylation sites is 1. The Kier molecular flexibility index (Phi) is 2.56. The van der Waals surface area contributed by atoms with Crippen LogP contribution in [0.2, 0.25) is 0 Å². The number of hydrogen-bond acceptors (Lipinski definition) is 4. The fraction of sp³-hybridized carbons (Fsp3) is 0.250. The van der Waals surface area contributed by atoms with Gasteiger partial charge in [0.05, 0.1) is 19.1 Å². The monoisotopic (exact) mass is 242 g/mol. The lowest BCUT2D eigenvalue weighted by Crippen LogP contribution is -2.05. The number of hydrogen-bond donors (Lipinski definition) is 1. The van der Waals surface area contributed by atoms with Gasteiger partial charge in [-0.3, -0.25) is 0 Å². The number of benzene rings is 1. The third-order valence-corrected chi connectivity index (χ3v) is 2.95. The summed E-state index contributed by atoms with van der Waals surface area (Å²) in [5, 5.41) is 13.2. The van der Waals surface area contributed by atoms with Crippen molar-refractivity contribution in [2.24, 2.45) is 12.8 Å². The summed E-state index contributed by atoms with van der Waals surface area (Å²) >= 11 is 0. The van der Waals surface area contributed by atoms with Crippen LogP contribution in [-0.2, 0) is 20.1 Å². The average molecular weight is 242 g/mol. The molecule has 0 unspecified atom stereocenters. The third-order valence-electron chi connectivity index (χ3n) is 2.95. The highest BCUT2D eigenvalue weighted by Gasteiger charge is 2.08. The van der Waals surface area contributed by atoms with E-state index in [1.54, 1.807) is 7.05 Å². The molecule has 0 bridgehead atoms. The molecule has 2 N–H and O–H groups in total. The second kappa shape index (κ2) is 4.23. The topological polar surface area (TPSA) is 74.5 Å². The first-order valence-electron chi connectivity index (χ1n) is 5.77. The van der Waals surface area contributed by atoms with Crippen LogP contribution in [-0.4, -0.2) is 24.8 Å². The summed E-state index contributed by atoms with van der Waals surface area (Å²) in [5.74, 6) is 0.696. The SMILES string of the molecule is Cn1nnc(Cn2ccc3cccc(CN)c32)n1. The van der Waals surface area contributed by atoms with Gasteiger partial charge in [-0.1, -0.05) is 18.2 Å². The maximum absolute atomic E-state index is 5.78. The Morgan fingerprint density at radius 1 is 1.28 bits per heavy atom. The van der Waals surface area contributed by atoms with E-state index in [-0.39, 0.29) is 0 Å². The van der Waals surface area contributed by atoms with Gasteiger partial charge in [-0.05, 0) is 22.2 Å². The van der Waals surface area contributed by atoms with Crippen LogP contribution in [0.3, 0.4) is 0 Å². The Hall–Kier alpha value is -2.21. The molecular formula is C12H14N6. The van der Waals surface area contributed by atoms with Crippen LogP contribution in [0.1, 0.15) is 11.4 Å². The lowest BCUT2D eigenvalue weighted by atomic mass is 10.1. The van der Waals surface area contributed by atoms with Crippen molar-refractivity contribution >= 4 is 10.9 Å². The number of fused-ring (bicyclic) bond motifs is 1. The van der Waals surface area contributed by atoms with Crippen LogP contribution in [0.15, 0.2) is 30.5 Å². The summed E-state index contributed by atoms with van der Waals surface area (Å²) in [7, 11) is 1.76. The summed E-state index contributed by atoms with van der Waals surface area (Å²) in [6.45, 7) is 1.13. The van der Waals surface area contributed by atoms with Crippen LogP contribution in [0.25, 0.3) is 10.9 Å². The van der Waals surface area contributed by atoms with Crippen molar-refractivity contribution < 1.29 is 0 Å². The molecule has 0 saturated heterocycles. The molecule has 2 heterocycles. The van der Waals surface area contributed by atoms with Crippen LogP contribution < -0.4 is 5.73 Å². The molecule has 0 fully saturated rings. The van der Waals surface area contributed by atoms with E-state index >= 15 is 0 Å². The zero-order chi connectivity index (χ0) is 12.5. The molecule has 3 rings (SSSR count). The molecule has 92 valence electrons. The largest absolute Gasteiger partial charge is 0.339 e. The first kappa shape index (κ1) is 10.9. The third kappa shape index (κ3) is 1.76. The summed E-state index contributed by atoms with van der Waals surface area (Å²) in [6, 6.07) is 8.22. The van der Waals surface area contributed by atoms with Crippen molar-refractivity contribution in [3.05, 3.63) is 41.9 Å². The van der Waals surface area contributed by atoms with Gasteiger partial charge in [-0.15, -0.1) is 10.2 Å². The highest BCUT2D eigenvalue weighted by atomic mass is 15.6. The van der Waals surface area contributed by atoms with Crippen molar-refractivity contribution in [2.75, 3.05) is 0 Å². The van der Waals surface area contributed by atoms with Gasteiger partial charge < -0.3 is 10.3 Å². The minimum absolute atomic E-state index is 0.523. The molecule has 6 heteroatoms. The first-order valence-corrected chi connectivity index (χ1v) is 5.77. The Labute approximate surface area is 104 Å². The van der Waals surface area contributed by atoms with Crippen LogP contribution >= 0.6 is 0 Å². The number of aryl methyl sites for hydroxylation is 1. The standard InChI is InChI=1S/C12H14N6/c1-17-15-11(14-16-17)8-18-6-5-9-3-2-4-10(7-13)12(9)18/h2-6H,7-8,13H2,1H3. The van der Waals surface area contributed by atoms with Gasteiger partial charge >= 0.3 is 0 Å². The molecule has 0 aliphatic carbocycles. The molecule has 3 aromatic rings. The van der Waals surface area contributed by atoms with Gasteiger partial charge in [0.15, 0.2) is 5.82 Å². The molecule has 0 atom stereocenters. The Morgan fingerprint density at radius 3 is 2.89 bits per heavy atom. The molecule has 0 spiro atoms. The second-order valence-corrected chi connectivity index (χ2v) is 4.20.